The van der Waals surface area contributed by atoms with Crippen LogP contribution in [0.4, 0.5) is 0 Å². The maximum absolute atomic E-state index is 11.6. The molecule has 0 aliphatic heterocycles. The van der Waals surface area contributed by atoms with Gasteiger partial charge in [0.15, 0.2) is 5.69 Å². The van der Waals surface area contributed by atoms with Gasteiger partial charge in [0.05, 0.1) is 6.21 Å². The monoisotopic (exact) mass is 336 g/mol. The molecule has 1 aromatic carbocycles. The smallest absolute Gasteiger partial charge is 0.291 e. The molecule has 1 aromatic heterocycles. The lowest BCUT2D eigenvalue weighted by atomic mass is 10.2. The molecule has 0 spiro atoms. The quantitative estimate of drug-likeness (QED) is 0.574. The molecule has 3 N–H and O–H groups in total. The van der Waals surface area contributed by atoms with Gasteiger partial charge >= 0.3 is 0 Å². The number of amides is 1. The van der Waals surface area contributed by atoms with Crippen molar-refractivity contribution in [3.63, 3.8) is 0 Å². The molecule has 0 unspecified atom stereocenters. The minimum absolute atomic E-state index is 0.0280. The van der Waals surface area contributed by atoms with Crippen molar-refractivity contribution in [1.29, 1.82) is 0 Å². The zero-order valence-corrected chi connectivity index (χ0v) is 11.6. The number of H-pyrrole nitrogens is 1. The van der Waals surface area contributed by atoms with Crippen molar-refractivity contribution in [1.82, 2.24) is 15.6 Å². The maximum Gasteiger partial charge on any atom is 0.291 e. The van der Waals surface area contributed by atoms with Crippen LogP contribution >= 0.6 is 15.9 Å². The highest BCUT2D eigenvalue weighted by Crippen LogP contribution is 2.19. The van der Waals surface area contributed by atoms with E-state index in [1.807, 2.05) is 0 Å². The fourth-order valence-electron chi connectivity index (χ4n) is 1.32. The molecule has 0 aliphatic rings. The van der Waals surface area contributed by atoms with Crippen LogP contribution < -0.4 is 11.0 Å². The summed E-state index contributed by atoms with van der Waals surface area (Å²) in [5.41, 5.74) is 2.30. The number of aromatic amines is 1. The molecule has 0 saturated carbocycles. The minimum Gasteiger partial charge on any atom is -0.507 e. The van der Waals surface area contributed by atoms with E-state index in [1.165, 1.54) is 24.4 Å². The van der Waals surface area contributed by atoms with Crippen LogP contribution in [-0.4, -0.2) is 27.4 Å². The minimum atomic E-state index is -0.577. The van der Waals surface area contributed by atoms with Gasteiger partial charge in [-0.25, -0.2) is 10.5 Å². The number of hydrogen-bond donors (Lipinski definition) is 3. The van der Waals surface area contributed by atoms with E-state index < -0.39 is 11.5 Å². The van der Waals surface area contributed by atoms with Crippen molar-refractivity contribution in [2.75, 3.05) is 0 Å². The van der Waals surface area contributed by atoms with Crippen LogP contribution in [0.3, 0.4) is 0 Å². The van der Waals surface area contributed by atoms with Crippen LogP contribution in [0.25, 0.3) is 0 Å². The van der Waals surface area contributed by atoms with Gasteiger partial charge in [-0.05, 0) is 24.3 Å². The Labute approximate surface area is 121 Å². The molecule has 1 heterocycles. The largest absolute Gasteiger partial charge is 0.507 e. The van der Waals surface area contributed by atoms with Gasteiger partial charge in [-0.1, -0.05) is 15.9 Å². The van der Waals surface area contributed by atoms with Crippen LogP contribution in [0.2, 0.25) is 0 Å². The van der Waals surface area contributed by atoms with Gasteiger partial charge in [-0.15, -0.1) is 0 Å². The molecule has 2 rings (SSSR count). The summed E-state index contributed by atoms with van der Waals surface area (Å²) in [6.07, 6.45) is 1.30. The van der Waals surface area contributed by atoms with Gasteiger partial charge in [-0.3, -0.25) is 9.59 Å². The molecule has 2 aromatic rings. The van der Waals surface area contributed by atoms with Crippen LogP contribution in [0, 0.1) is 0 Å². The van der Waals surface area contributed by atoms with Gasteiger partial charge in [0.1, 0.15) is 5.75 Å². The Morgan fingerprint density at radius 3 is 2.90 bits per heavy atom. The van der Waals surface area contributed by atoms with Gasteiger partial charge in [0.25, 0.3) is 11.5 Å². The molecule has 0 radical (unpaired) electrons. The summed E-state index contributed by atoms with van der Waals surface area (Å²) in [6.45, 7) is 0. The van der Waals surface area contributed by atoms with Crippen molar-refractivity contribution < 1.29 is 9.90 Å². The molecule has 0 saturated heterocycles. The number of carbonyl (C=O) groups is 1. The first-order valence-electron chi connectivity index (χ1n) is 5.44. The molecule has 0 fully saturated rings. The van der Waals surface area contributed by atoms with E-state index >= 15 is 0 Å². The van der Waals surface area contributed by atoms with Gasteiger partial charge in [-0.2, -0.15) is 10.2 Å². The average Bonchev–Trinajstić information content (AvgIpc) is 2.43. The molecule has 102 valence electrons. The standard InChI is InChI=1S/C12H9BrN4O3/c13-8-1-3-10(18)7(5-8)6-14-17-12(20)9-2-4-11(19)16-15-9/h1-6,18H,(H,16,19)(H,17,20)/b14-6-. The SMILES string of the molecule is O=C(N/N=C\c1cc(Br)ccc1O)c1ccc(=O)[nH]n1. The lowest BCUT2D eigenvalue weighted by molar-refractivity contribution is 0.0949. The average molecular weight is 337 g/mol. The predicted molar refractivity (Wildman–Crippen MR) is 75.7 cm³/mol. The number of carbonyl (C=O) groups excluding carboxylic acids is 1. The molecule has 20 heavy (non-hydrogen) atoms. The summed E-state index contributed by atoms with van der Waals surface area (Å²) in [6, 6.07) is 7.28. The Balaban J connectivity index is 2.06. The molecule has 7 nitrogen and oxygen atoms in total. The van der Waals surface area contributed by atoms with Gasteiger partial charge < -0.3 is 5.11 Å². The zero-order valence-electron chi connectivity index (χ0n) is 10.0. The number of hydrazone groups is 1. The van der Waals surface area contributed by atoms with Crippen LogP contribution in [0.15, 0.2) is 44.7 Å². The predicted octanol–water partition coefficient (Wildman–Crippen LogP) is 1.00. The lowest BCUT2D eigenvalue weighted by Gasteiger charge is -2.00. The number of aromatic hydroxyl groups is 1. The maximum atomic E-state index is 11.6. The zero-order chi connectivity index (χ0) is 14.5. The molecule has 0 bridgehead atoms. The van der Waals surface area contributed by atoms with Crippen LogP contribution in [0.1, 0.15) is 16.1 Å². The summed E-state index contributed by atoms with van der Waals surface area (Å²) in [7, 11) is 0. The van der Waals surface area contributed by atoms with E-state index in [0.717, 1.165) is 4.47 Å². The third-order valence-electron chi connectivity index (χ3n) is 2.27. The van der Waals surface area contributed by atoms with Gasteiger partial charge in [0, 0.05) is 16.1 Å². The Hall–Kier alpha value is -2.48. The number of phenols is 1. The Kier molecular flexibility index (Phi) is 4.26. The van der Waals surface area contributed by atoms with Crippen LogP contribution in [-0.2, 0) is 0 Å². The van der Waals surface area contributed by atoms with Crippen molar-refractivity contribution >= 4 is 28.1 Å². The fraction of sp³-hybridized carbons (Fsp3) is 0. The Bertz CT molecular complexity index is 706. The third-order valence-corrected chi connectivity index (χ3v) is 2.76. The van der Waals surface area contributed by atoms with E-state index in [0.29, 0.717) is 5.56 Å². The normalized spacial score (nSPS) is 10.7. The van der Waals surface area contributed by atoms with Crippen molar-refractivity contribution in [3.8, 4) is 5.75 Å². The van der Waals surface area contributed by atoms with Crippen molar-refractivity contribution in [2.45, 2.75) is 0 Å². The van der Waals surface area contributed by atoms with E-state index in [9.17, 15) is 14.7 Å². The summed E-state index contributed by atoms with van der Waals surface area (Å²) in [5.74, 6) is -0.541. The second-order valence-corrected chi connectivity index (χ2v) is 4.62. The van der Waals surface area contributed by atoms with Crippen molar-refractivity contribution in [3.05, 3.63) is 56.4 Å². The van der Waals surface area contributed by atoms with Crippen LogP contribution in [0.5, 0.6) is 5.75 Å². The van der Waals surface area contributed by atoms with Gasteiger partial charge in [0.2, 0.25) is 0 Å². The number of nitrogens with zero attached hydrogens (tertiary/aromatic N) is 2. The summed E-state index contributed by atoms with van der Waals surface area (Å²) in [4.78, 5) is 22.4. The third kappa shape index (κ3) is 3.51. The fourth-order valence-corrected chi connectivity index (χ4v) is 1.70. The number of benzene rings is 1. The summed E-state index contributed by atoms with van der Waals surface area (Å²) in [5, 5.41) is 19.0. The molecule has 0 aliphatic carbocycles. The number of hydrogen-bond acceptors (Lipinski definition) is 5. The number of rotatable bonds is 3. The number of nitrogens with one attached hydrogen (secondary N) is 2. The second kappa shape index (κ2) is 6.11. The number of aromatic nitrogens is 2. The molecular formula is C12H9BrN4O3. The highest BCUT2D eigenvalue weighted by Gasteiger charge is 2.05. The first kappa shape index (κ1) is 13.9. The number of halogens is 1. The highest BCUT2D eigenvalue weighted by atomic mass is 79.9. The van der Waals surface area contributed by atoms with Crippen molar-refractivity contribution in [2.24, 2.45) is 5.10 Å². The van der Waals surface area contributed by atoms with E-state index in [-0.39, 0.29) is 11.4 Å². The van der Waals surface area contributed by atoms with E-state index in [1.54, 1.807) is 12.1 Å². The summed E-state index contributed by atoms with van der Waals surface area (Å²) >= 11 is 3.26. The second-order valence-electron chi connectivity index (χ2n) is 3.71. The first-order chi connectivity index (χ1) is 9.56. The number of phenolic OH excluding ortho intramolecular Hbond substituents is 1. The van der Waals surface area contributed by atoms with E-state index in [4.69, 9.17) is 0 Å². The highest BCUT2D eigenvalue weighted by molar-refractivity contribution is 9.10. The first-order valence-corrected chi connectivity index (χ1v) is 6.23. The summed E-state index contributed by atoms with van der Waals surface area (Å²) < 4.78 is 0.769. The molecule has 0 atom stereocenters. The van der Waals surface area contributed by atoms with E-state index in [2.05, 4.69) is 36.7 Å². The Morgan fingerprint density at radius 1 is 1.40 bits per heavy atom. The molecule has 8 heteroatoms. The Morgan fingerprint density at radius 2 is 2.20 bits per heavy atom. The lowest BCUT2D eigenvalue weighted by Crippen LogP contribution is -2.21. The topological polar surface area (TPSA) is 107 Å². The molecular weight excluding hydrogens is 328 g/mol. The molecule has 1 amide bonds.